The first-order valence-corrected chi connectivity index (χ1v) is 12.5. The van der Waals surface area contributed by atoms with Gasteiger partial charge in [-0.1, -0.05) is 54.6 Å². The van der Waals surface area contributed by atoms with Crippen molar-refractivity contribution in [2.75, 3.05) is 38.5 Å². The summed E-state index contributed by atoms with van der Waals surface area (Å²) in [6, 6.07) is 23.4. The summed E-state index contributed by atoms with van der Waals surface area (Å²) < 4.78 is 27.0. The highest BCUT2D eigenvalue weighted by molar-refractivity contribution is 7.98. The Hall–Kier alpha value is -2.25. The molecule has 1 aliphatic heterocycles. The molecule has 1 heterocycles. The van der Waals surface area contributed by atoms with Crippen LogP contribution >= 0.6 is 11.8 Å². The molecule has 1 atom stereocenters. The molecular formula is C27H30F2N2OS. The molecule has 3 aromatic rings. The zero-order valence-electron chi connectivity index (χ0n) is 18.6. The summed E-state index contributed by atoms with van der Waals surface area (Å²) in [6.07, 6.45) is -0.366. The predicted molar refractivity (Wildman–Crippen MR) is 131 cm³/mol. The summed E-state index contributed by atoms with van der Waals surface area (Å²) in [5.41, 5.74) is 3.26. The van der Waals surface area contributed by atoms with E-state index in [1.165, 1.54) is 29.8 Å². The molecule has 0 amide bonds. The number of aliphatic hydroxyl groups is 1. The van der Waals surface area contributed by atoms with E-state index in [0.717, 1.165) is 43.1 Å². The zero-order chi connectivity index (χ0) is 23.0. The lowest BCUT2D eigenvalue weighted by molar-refractivity contribution is 0.0708. The molecule has 0 bridgehead atoms. The molecule has 3 aromatic carbocycles. The van der Waals surface area contributed by atoms with Gasteiger partial charge in [-0.25, -0.2) is 8.78 Å². The molecule has 1 saturated heterocycles. The van der Waals surface area contributed by atoms with Crippen molar-refractivity contribution in [1.82, 2.24) is 9.80 Å². The van der Waals surface area contributed by atoms with Gasteiger partial charge < -0.3 is 5.11 Å². The van der Waals surface area contributed by atoms with Gasteiger partial charge in [-0.15, -0.1) is 0 Å². The normalized spacial score (nSPS) is 16.2. The van der Waals surface area contributed by atoms with E-state index in [0.29, 0.717) is 12.3 Å². The van der Waals surface area contributed by atoms with Crippen LogP contribution in [0, 0.1) is 11.6 Å². The minimum Gasteiger partial charge on any atom is -0.391 e. The minimum atomic E-state index is -0.366. The van der Waals surface area contributed by atoms with Gasteiger partial charge in [0.2, 0.25) is 0 Å². The van der Waals surface area contributed by atoms with E-state index in [2.05, 4.69) is 21.9 Å². The zero-order valence-corrected chi connectivity index (χ0v) is 19.4. The maximum atomic E-state index is 13.5. The molecule has 1 fully saturated rings. The smallest absolute Gasteiger partial charge is 0.123 e. The summed E-state index contributed by atoms with van der Waals surface area (Å²) in [6.45, 7) is 4.00. The quantitative estimate of drug-likeness (QED) is 0.480. The number of hydrogen-bond acceptors (Lipinski definition) is 4. The molecule has 1 N–H and O–H groups in total. The monoisotopic (exact) mass is 468 g/mol. The Labute approximate surface area is 199 Å². The molecular weight excluding hydrogens is 438 g/mol. The molecule has 0 radical (unpaired) electrons. The van der Waals surface area contributed by atoms with Crippen LogP contribution < -0.4 is 0 Å². The fourth-order valence-corrected chi connectivity index (χ4v) is 5.27. The molecule has 0 saturated carbocycles. The fourth-order valence-electron chi connectivity index (χ4n) is 4.35. The van der Waals surface area contributed by atoms with Crippen LogP contribution in [0.1, 0.15) is 22.7 Å². The van der Waals surface area contributed by atoms with Gasteiger partial charge in [0.25, 0.3) is 0 Å². The molecule has 6 heteroatoms. The van der Waals surface area contributed by atoms with Gasteiger partial charge in [0.1, 0.15) is 11.6 Å². The summed E-state index contributed by atoms with van der Waals surface area (Å²) in [7, 11) is 0. The van der Waals surface area contributed by atoms with E-state index in [1.807, 2.05) is 42.5 Å². The molecule has 0 aliphatic carbocycles. The number of nitrogens with zero attached hydrogens (tertiary/aromatic N) is 2. The highest BCUT2D eigenvalue weighted by Crippen LogP contribution is 2.30. The van der Waals surface area contributed by atoms with Gasteiger partial charge >= 0.3 is 0 Å². The van der Waals surface area contributed by atoms with E-state index in [-0.39, 0.29) is 23.8 Å². The fraction of sp³-hybridized carbons (Fsp3) is 0.333. The van der Waals surface area contributed by atoms with Crippen LogP contribution in [0.25, 0.3) is 0 Å². The Bertz CT molecular complexity index is 932. The average molecular weight is 469 g/mol. The maximum absolute atomic E-state index is 13.5. The Kier molecular flexibility index (Phi) is 8.51. The molecule has 1 aliphatic rings. The number of piperazine rings is 1. The van der Waals surface area contributed by atoms with Crippen LogP contribution in [0.5, 0.6) is 0 Å². The number of aliphatic hydroxyl groups excluding tert-OH is 1. The van der Waals surface area contributed by atoms with E-state index in [9.17, 15) is 13.9 Å². The van der Waals surface area contributed by atoms with Crippen molar-refractivity contribution in [3.05, 3.63) is 107 Å². The first-order chi connectivity index (χ1) is 16.1. The van der Waals surface area contributed by atoms with E-state index < -0.39 is 0 Å². The lowest BCUT2D eigenvalue weighted by Gasteiger charge is -2.40. The molecule has 33 heavy (non-hydrogen) atoms. The average Bonchev–Trinajstić information content (AvgIpc) is 2.83. The van der Waals surface area contributed by atoms with Crippen molar-refractivity contribution in [3.8, 4) is 0 Å². The van der Waals surface area contributed by atoms with Crippen LogP contribution in [-0.2, 0) is 5.75 Å². The summed E-state index contributed by atoms with van der Waals surface area (Å²) in [5, 5.41) is 10.5. The van der Waals surface area contributed by atoms with Crippen molar-refractivity contribution in [2.45, 2.75) is 17.9 Å². The van der Waals surface area contributed by atoms with Crippen molar-refractivity contribution in [3.63, 3.8) is 0 Å². The van der Waals surface area contributed by atoms with Crippen LogP contribution in [0.4, 0.5) is 8.78 Å². The maximum Gasteiger partial charge on any atom is 0.123 e. The molecule has 3 nitrogen and oxygen atoms in total. The highest BCUT2D eigenvalue weighted by atomic mass is 32.2. The van der Waals surface area contributed by atoms with E-state index in [1.54, 1.807) is 11.8 Å². The Morgan fingerprint density at radius 2 is 1.30 bits per heavy atom. The predicted octanol–water partition coefficient (Wildman–Crippen LogP) is 4.97. The van der Waals surface area contributed by atoms with E-state index >= 15 is 0 Å². The van der Waals surface area contributed by atoms with Gasteiger partial charge in [0.05, 0.1) is 12.1 Å². The number of benzene rings is 3. The van der Waals surface area contributed by atoms with Crippen LogP contribution in [-0.4, -0.2) is 59.5 Å². The lowest BCUT2D eigenvalue weighted by Crippen LogP contribution is -2.50. The number of halogens is 2. The second-order valence-electron chi connectivity index (χ2n) is 8.50. The standard InChI is InChI=1S/C27H30F2N2OS/c28-24-10-6-22(7-11-24)27(23-8-12-25(29)13-9-23)31-16-14-30(15-17-31)18-26(32)20-33-19-21-4-2-1-3-5-21/h1-13,26-27,32H,14-20H2. The minimum absolute atomic E-state index is 0.0558. The third-order valence-electron chi connectivity index (χ3n) is 6.03. The van der Waals surface area contributed by atoms with Crippen molar-refractivity contribution < 1.29 is 13.9 Å². The first kappa shape index (κ1) is 23.9. The summed E-state index contributed by atoms with van der Waals surface area (Å²) >= 11 is 1.76. The first-order valence-electron chi connectivity index (χ1n) is 11.4. The van der Waals surface area contributed by atoms with Gasteiger partial charge in [0.15, 0.2) is 0 Å². The van der Waals surface area contributed by atoms with Crippen molar-refractivity contribution in [1.29, 1.82) is 0 Å². The molecule has 0 spiro atoms. The number of β-amino-alcohol motifs (C(OH)–C–C–N with tert-alkyl or cyclic N) is 1. The van der Waals surface area contributed by atoms with Crippen molar-refractivity contribution >= 4 is 11.8 Å². The molecule has 1 unspecified atom stereocenters. The second-order valence-corrected chi connectivity index (χ2v) is 9.53. The Balaban J connectivity index is 1.32. The lowest BCUT2D eigenvalue weighted by atomic mass is 9.96. The Morgan fingerprint density at radius 3 is 1.85 bits per heavy atom. The summed E-state index contributed by atoms with van der Waals surface area (Å²) in [5.74, 6) is 1.09. The molecule has 174 valence electrons. The van der Waals surface area contributed by atoms with Crippen molar-refractivity contribution in [2.24, 2.45) is 0 Å². The third-order valence-corrected chi connectivity index (χ3v) is 7.19. The Morgan fingerprint density at radius 1 is 0.758 bits per heavy atom. The molecule has 4 rings (SSSR count). The van der Waals surface area contributed by atoms with E-state index in [4.69, 9.17) is 0 Å². The largest absolute Gasteiger partial charge is 0.391 e. The highest BCUT2D eigenvalue weighted by Gasteiger charge is 2.27. The van der Waals surface area contributed by atoms with Gasteiger partial charge in [0, 0.05) is 44.2 Å². The number of hydrogen-bond donors (Lipinski definition) is 1. The molecule has 0 aromatic heterocycles. The number of thioether (sulfide) groups is 1. The van der Waals surface area contributed by atoms with Gasteiger partial charge in [-0.2, -0.15) is 11.8 Å². The summed E-state index contributed by atoms with van der Waals surface area (Å²) in [4.78, 5) is 4.66. The SMILES string of the molecule is OC(CSCc1ccccc1)CN1CCN(C(c2ccc(F)cc2)c2ccc(F)cc2)CC1. The van der Waals surface area contributed by atoms with Gasteiger partial charge in [-0.3, -0.25) is 9.80 Å². The van der Waals surface area contributed by atoms with Crippen LogP contribution in [0.3, 0.4) is 0 Å². The van der Waals surface area contributed by atoms with Gasteiger partial charge in [-0.05, 0) is 41.0 Å². The third kappa shape index (κ3) is 6.87. The van der Waals surface area contributed by atoms with Crippen LogP contribution in [0.2, 0.25) is 0 Å². The topological polar surface area (TPSA) is 26.7 Å². The number of rotatable bonds is 9. The second kappa shape index (κ2) is 11.7. The van der Waals surface area contributed by atoms with Crippen LogP contribution in [0.15, 0.2) is 78.9 Å².